The number of ether oxygens (including phenoxy) is 2. The van der Waals surface area contributed by atoms with Crippen LogP contribution in [0.5, 0.6) is 0 Å². The van der Waals surface area contributed by atoms with Crippen LogP contribution in [0.2, 0.25) is 0 Å². The van der Waals surface area contributed by atoms with Crippen LogP contribution in [-0.2, 0) is 9.47 Å². The van der Waals surface area contributed by atoms with E-state index in [0.29, 0.717) is 6.04 Å². The van der Waals surface area contributed by atoms with Crippen LogP contribution in [0.4, 0.5) is 0 Å². The second-order valence-electron chi connectivity index (χ2n) is 5.74. The van der Waals surface area contributed by atoms with Crippen molar-refractivity contribution in [1.82, 2.24) is 5.32 Å². The Labute approximate surface area is 112 Å². The summed E-state index contributed by atoms with van der Waals surface area (Å²) in [6, 6.07) is 0.506. The Hall–Kier alpha value is -0.120. The standard InChI is InChI=1S/C15H29NO2/c1-3-16-14(8-7-13-5-6-13)15(18-4-2)9-11-17-12-10-15/h13-14,16H,3-12H2,1-2H3. The summed E-state index contributed by atoms with van der Waals surface area (Å²) in [4.78, 5) is 0. The van der Waals surface area contributed by atoms with Gasteiger partial charge in [-0.05, 0) is 32.2 Å². The van der Waals surface area contributed by atoms with Crippen LogP contribution >= 0.6 is 0 Å². The first-order valence-corrected chi connectivity index (χ1v) is 7.76. The van der Waals surface area contributed by atoms with Crippen LogP contribution < -0.4 is 5.32 Å². The van der Waals surface area contributed by atoms with E-state index in [0.717, 1.165) is 45.1 Å². The van der Waals surface area contributed by atoms with E-state index in [1.807, 2.05) is 0 Å². The predicted octanol–water partition coefficient (Wildman–Crippen LogP) is 2.74. The molecule has 0 aromatic rings. The number of hydrogen-bond acceptors (Lipinski definition) is 3. The zero-order chi connectivity index (χ0) is 12.8. The zero-order valence-corrected chi connectivity index (χ0v) is 12.0. The monoisotopic (exact) mass is 255 g/mol. The summed E-state index contributed by atoms with van der Waals surface area (Å²) in [7, 11) is 0. The molecule has 1 aliphatic heterocycles. The molecular weight excluding hydrogens is 226 g/mol. The van der Waals surface area contributed by atoms with Gasteiger partial charge < -0.3 is 14.8 Å². The van der Waals surface area contributed by atoms with Gasteiger partial charge in [0, 0.05) is 38.7 Å². The molecule has 0 spiro atoms. The molecule has 0 bridgehead atoms. The molecular formula is C15H29NO2. The Morgan fingerprint density at radius 2 is 2.00 bits per heavy atom. The molecule has 2 fully saturated rings. The van der Waals surface area contributed by atoms with Gasteiger partial charge in [-0.1, -0.05) is 19.8 Å². The summed E-state index contributed by atoms with van der Waals surface area (Å²) in [5, 5.41) is 3.68. The van der Waals surface area contributed by atoms with Crippen LogP contribution in [0.3, 0.4) is 0 Å². The van der Waals surface area contributed by atoms with E-state index in [2.05, 4.69) is 19.2 Å². The maximum absolute atomic E-state index is 6.20. The number of likely N-dealkylation sites (N-methyl/N-ethyl adjacent to an activating group) is 1. The van der Waals surface area contributed by atoms with Crippen molar-refractivity contribution in [3.63, 3.8) is 0 Å². The molecule has 1 unspecified atom stereocenters. The van der Waals surface area contributed by atoms with E-state index in [9.17, 15) is 0 Å². The highest BCUT2D eigenvalue weighted by molar-refractivity contribution is 4.95. The van der Waals surface area contributed by atoms with Crippen molar-refractivity contribution in [2.24, 2.45) is 5.92 Å². The lowest BCUT2D eigenvalue weighted by atomic mass is 9.83. The molecule has 3 nitrogen and oxygen atoms in total. The van der Waals surface area contributed by atoms with Crippen LogP contribution in [0.25, 0.3) is 0 Å². The van der Waals surface area contributed by atoms with Gasteiger partial charge in [-0.2, -0.15) is 0 Å². The van der Waals surface area contributed by atoms with Crippen molar-refractivity contribution in [2.75, 3.05) is 26.4 Å². The Morgan fingerprint density at radius 3 is 2.56 bits per heavy atom. The van der Waals surface area contributed by atoms with Crippen molar-refractivity contribution in [3.05, 3.63) is 0 Å². The lowest BCUT2D eigenvalue weighted by Gasteiger charge is -2.43. The molecule has 2 aliphatic rings. The van der Waals surface area contributed by atoms with Crippen molar-refractivity contribution in [2.45, 2.75) is 64.0 Å². The Kier molecular flexibility index (Phi) is 5.46. The Balaban J connectivity index is 1.96. The van der Waals surface area contributed by atoms with Gasteiger partial charge in [-0.25, -0.2) is 0 Å². The van der Waals surface area contributed by atoms with E-state index < -0.39 is 0 Å². The fourth-order valence-electron chi connectivity index (χ4n) is 3.20. The molecule has 0 aromatic heterocycles. The summed E-state index contributed by atoms with van der Waals surface area (Å²) < 4.78 is 11.7. The van der Waals surface area contributed by atoms with Crippen LogP contribution in [-0.4, -0.2) is 38.0 Å². The maximum Gasteiger partial charge on any atom is 0.0878 e. The second kappa shape index (κ2) is 6.88. The quantitative estimate of drug-likeness (QED) is 0.723. The average Bonchev–Trinajstić information content (AvgIpc) is 3.20. The lowest BCUT2D eigenvalue weighted by Crippen LogP contribution is -2.55. The lowest BCUT2D eigenvalue weighted by molar-refractivity contribution is -0.128. The summed E-state index contributed by atoms with van der Waals surface area (Å²) in [5.41, 5.74) is 0.0257. The fourth-order valence-corrected chi connectivity index (χ4v) is 3.20. The number of hydrogen-bond donors (Lipinski definition) is 1. The van der Waals surface area contributed by atoms with Crippen LogP contribution in [0, 0.1) is 5.92 Å². The minimum absolute atomic E-state index is 0.0257. The molecule has 0 aromatic carbocycles. The SMILES string of the molecule is CCNC(CCC1CC1)C1(OCC)CCOCC1. The van der Waals surface area contributed by atoms with Gasteiger partial charge >= 0.3 is 0 Å². The van der Waals surface area contributed by atoms with E-state index in [1.54, 1.807) is 0 Å². The second-order valence-corrected chi connectivity index (χ2v) is 5.74. The number of rotatable bonds is 8. The highest BCUT2D eigenvalue weighted by Gasteiger charge is 2.41. The van der Waals surface area contributed by atoms with Gasteiger partial charge in [-0.15, -0.1) is 0 Å². The largest absolute Gasteiger partial charge is 0.381 e. The molecule has 106 valence electrons. The van der Waals surface area contributed by atoms with Crippen molar-refractivity contribution in [1.29, 1.82) is 0 Å². The first-order chi connectivity index (χ1) is 8.80. The summed E-state index contributed by atoms with van der Waals surface area (Å²) in [6.45, 7) is 7.86. The summed E-state index contributed by atoms with van der Waals surface area (Å²) in [6.07, 6.45) is 7.62. The molecule has 1 saturated heterocycles. The van der Waals surface area contributed by atoms with E-state index in [1.165, 1.54) is 25.7 Å². The number of nitrogens with one attached hydrogen (secondary N) is 1. The van der Waals surface area contributed by atoms with Gasteiger partial charge in [0.1, 0.15) is 0 Å². The third-order valence-corrected chi connectivity index (χ3v) is 4.42. The molecule has 1 N–H and O–H groups in total. The van der Waals surface area contributed by atoms with Gasteiger partial charge in [-0.3, -0.25) is 0 Å². The van der Waals surface area contributed by atoms with Crippen molar-refractivity contribution >= 4 is 0 Å². The van der Waals surface area contributed by atoms with Gasteiger partial charge in [0.25, 0.3) is 0 Å². The minimum atomic E-state index is 0.0257. The Bertz CT molecular complexity index is 229. The predicted molar refractivity (Wildman–Crippen MR) is 73.8 cm³/mol. The van der Waals surface area contributed by atoms with Crippen molar-refractivity contribution < 1.29 is 9.47 Å². The normalized spacial score (nSPS) is 25.0. The third-order valence-electron chi connectivity index (χ3n) is 4.42. The van der Waals surface area contributed by atoms with Crippen LogP contribution in [0.1, 0.15) is 52.4 Å². The van der Waals surface area contributed by atoms with E-state index >= 15 is 0 Å². The molecule has 1 aliphatic carbocycles. The molecule has 18 heavy (non-hydrogen) atoms. The smallest absolute Gasteiger partial charge is 0.0878 e. The molecule has 0 radical (unpaired) electrons. The van der Waals surface area contributed by atoms with Crippen molar-refractivity contribution in [3.8, 4) is 0 Å². The van der Waals surface area contributed by atoms with E-state index in [4.69, 9.17) is 9.47 Å². The van der Waals surface area contributed by atoms with Gasteiger partial charge in [0.15, 0.2) is 0 Å². The molecule has 3 heteroatoms. The minimum Gasteiger partial charge on any atom is -0.381 e. The molecule has 1 saturated carbocycles. The zero-order valence-electron chi connectivity index (χ0n) is 12.0. The van der Waals surface area contributed by atoms with Gasteiger partial charge in [0.2, 0.25) is 0 Å². The maximum atomic E-state index is 6.20. The molecule has 1 heterocycles. The first-order valence-electron chi connectivity index (χ1n) is 7.76. The highest BCUT2D eigenvalue weighted by Crippen LogP contribution is 2.37. The summed E-state index contributed by atoms with van der Waals surface area (Å²) >= 11 is 0. The van der Waals surface area contributed by atoms with Crippen LogP contribution in [0.15, 0.2) is 0 Å². The highest BCUT2D eigenvalue weighted by atomic mass is 16.5. The third kappa shape index (κ3) is 3.69. The van der Waals surface area contributed by atoms with Gasteiger partial charge in [0.05, 0.1) is 5.60 Å². The Morgan fingerprint density at radius 1 is 1.28 bits per heavy atom. The topological polar surface area (TPSA) is 30.5 Å². The molecule has 2 rings (SSSR count). The molecule has 1 atom stereocenters. The fraction of sp³-hybridized carbons (Fsp3) is 1.00. The molecule has 0 amide bonds. The van der Waals surface area contributed by atoms with E-state index in [-0.39, 0.29) is 5.60 Å². The first kappa shape index (κ1) is 14.3. The summed E-state index contributed by atoms with van der Waals surface area (Å²) in [5.74, 6) is 1.00. The average molecular weight is 255 g/mol.